The Morgan fingerprint density at radius 2 is 1.86 bits per heavy atom. The highest BCUT2D eigenvalue weighted by Crippen LogP contribution is 2.23. The first kappa shape index (κ1) is 21.6. The molecule has 1 amide bonds. The van der Waals surface area contributed by atoms with Crippen molar-refractivity contribution in [3.63, 3.8) is 0 Å². The van der Waals surface area contributed by atoms with Gasteiger partial charge in [0.05, 0.1) is 19.3 Å². The highest BCUT2D eigenvalue weighted by molar-refractivity contribution is 7.12. The maximum absolute atomic E-state index is 13.3. The normalized spacial score (nSPS) is 15.8. The SMILES string of the molecule is Cc1cc(C(=O)CCC(=O)NCC(c2ccc(F)cc2)N2CCOCC2)c(C)s1. The van der Waals surface area contributed by atoms with E-state index in [0.717, 1.165) is 34.0 Å². The van der Waals surface area contributed by atoms with E-state index in [1.54, 1.807) is 23.5 Å². The second-order valence-electron chi connectivity index (χ2n) is 7.27. The number of thiophene rings is 1. The Labute approximate surface area is 174 Å². The first-order valence-corrected chi connectivity index (χ1v) is 10.7. The summed E-state index contributed by atoms with van der Waals surface area (Å²) in [5, 5.41) is 2.96. The Hall–Kier alpha value is -2.09. The maximum Gasteiger partial charge on any atom is 0.220 e. The van der Waals surface area contributed by atoms with Gasteiger partial charge in [-0.2, -0.15) is 0 Å². The summed E-state index contributed by atoms with van der Waals surface area (Å²) in [5.74, 6) is -0.426. The molecular formula is C22H27FN2O3S. The molecule has 7 heteroatoms. The molecule has 2 aromatic rings. The van der Waals surface area contributed by atoms with E-state index < -0.39 is 0 Å². The number of rotatable bonds is 8. The van der Waals surface area contributed by atoms with Crippen LogP contribution in [0, 0.1) is 19.7 Å². The van der Waals surface area contributed by atoms with E-state index in [4.69, 9.17) is 4.74 Å². The molecule has 1 atom stereocenters. The van der Waals surface area contributed by atoms with Gasteiger partial charge in [-0.1, -0.05) is 12.1 Å². The number of nitrogens with zero attached hydrogens (tertiary/aromatic N) is 1. The Balaban J connectivity index is 1.56. The third-order valence-corrected chi connectivity index (χ3v) is 6.12. The zero-order chi connectivity index (χ0) is 20.8. The summed E-state index contributed by atoms with van der Waals surface area (Å²) < 4.78 is 18.7. The standard InChI is InChI=1S/C22H27FN2O3S/c1-15-13-19(16(2)29-15)21(26)7-8-22(27)24-14-20(25-9-11-28-12-10-25)17-3-5-18(23)6-4-17/h3-6,13,20H,7-12,14H2,1-2H3,(H,24,27). The molecule has 1 fully saturated rings. The molecule has 1 saturated heterocycles. The van der Waals surface area contributed by atoms with E-state index >= 15 is 0 Å². The van der Waals surface area contributed by atoms with Gasteiger partial charge in [0.15, 0.2) is 5.78 Å². The Kier molecular flexibility index (Phi) is 7.52. The van der Waals surface area contributed by atoms with E-state index in [2.05, 4.69) is 10.2 Å². The molecule has 0 bridgehead atoms. The van der Waals surface area contributed by atoms with Crippen molar-refractivity contribution in [3.05, 3.63) is 57.0 Å². The summed E-state index contributed by atoms with van der Waals surface area (Å²) in [6.45, 7) is 7.11. The molecule has 156 valence electrons. The fourth-order valence-corrected chi connectivity index (χ4v) is 4.54. The minimum Gasteiger partial charge on any atom is -0.379 e. The minimum absolute atomic E-state index is 0.00487. The highest BCUT2D eigenvalue weighted by atomic mass is 32.1. The minimum atomic E-state index is -0.281. The topological polar surface area (TPSA) is 58.6 Å². The number of ketones is 1. The highest BCUT2D eigenvalue weighted by Gasteiger charge is 2.23. The smallest absolute Gasteiger partial charge is 0.220 e. The maximum atomic E-state index is 13.3. The third-order valence-electron chi connectivity index (χ3n) is 5.15. The number of hydrogen-bond acceptors (Lipinski definition) is 5. The first-order valence-electron chi connectivity index (χ1n) is 9.88. The second-order valence-corrected chi connectivity index (χ2v) is 8.73. The fourth-order valence-electron chi connectivity index (χ4n) is 3.60. The summed E-state index contributed by atoms with van der Waals surface area (Å²) in [6, 6.07) is 8.23. The number of carbonyl (C=O) groups is 2. The lowest BCUT2D eigenvalue weighted by Crippen LogP contribution is -2.43. The number of Topliss-reactive ketones (excluding diaryl/α,β-unsaturated/α-hetero) is 1. The molecular weight excluding hydrogens is 391 g/mol. The van der Waals surface area contributed by atoms with Crippen LogP contribution in [-0.4, -0.2) is 49.4 Å². The summed E-state index contributed by atoms with van der Waals surface area (Å²) >= 11 is 1.60. The Bertz CT molecular complexity index is 844. The van der Waals surface area contributed by atoms with E-state index in [9.17, 15) is 14.0 Å². The van der Waals surface area contributed by atoms with Gasteiger partial charge in [0.1, 0.15) is 5.82 Å². The molecule has 1 aromatic carbocycles. The van der Waals surface area contributed by atoms with Crippen LogP contribution in [0.5, 0.6) is 0 Å². The molecule has 0 radical (unpaired) electrons. The van der Waals surface area contributed by atoms with Crippen LogP contribution in [0.25, 0.3) is 0 Å². The van der Waals surface area contributed by atoms with Crippen LogP contribution in [0.2, 0.25) is 0 Å². The van der Waals surface area contributed by atoms with Crippen LogP contribution < -0.4 is 5.32 Å². The van der Waals surface area contributed by atoms with Crippen LogP contribution >= 0.6 is 11.3 Å². The number of benzene rings is 1. The number of halogens is 1. The molecule has 1 N–H and O–H groups in total. The summed E-state index contributed by atoms with van der Waals surface area (Å²) in [4.78, 5) is 29.1. The summed E-state index contributed by atoms with van der Waals surface area (Å²) in [5.41, 5.74) is 1.67. The average Bonchev–Trinajstić information content (AvgIpc) is 3.06. The monoisotopic (exact) mass is 418 g/mol. The number of carbonyl (C=O) groups excluding carboxylic acids is 2. The molecule has 0 aliphatic carbocycles. The second kappa shape index (κ2) is 10.1. The number of amides is 1. The molecule has 0 saturated carbocycles. The molecule has 29 heavy (non-hydrogen) atoms. The van der Waals surface area contributed by atoms with E-state index in [-0.39, 0.29) is 36.4 Å². The van der Waals surface area contributed by atoms with E-state index in [1.807, 2.05) is 19.9 Å². The van der Waals surface area contributed by atoms with Gasteiger partial charge in [0.2, 0.25) is 5.91 Å². The van der Waals surface area contributed by atoms with Crippen LogP contribution in [-0.2, 0) is 9.53 Å². The lowest BCUT2D eigenvalue weighted by Gasteiger charge is -2.35. The van der Waals surface area contributed by atoms with Crippen molar-refractivity contribution >= 4 is 23.0 Å². The van der Waals surface area contributed by atoms with Gasteiger partial charge in [-0.05, 0) is 37.6 Å². The van der Waals surface area contributed by atoms with Crippen molar-refractivity contribution in [2.75, 3.05) is 32.8 Å². The number of morpholine rings is 1. The van der Waals surface area contributed by atoms with Gasteiger partial charge in [0, 0.05) is 47.8 Å². The van der Waals surface area contributed by atoms with Crippen LogP contribution in [0.4, 0.5) is 4.39 Å². The van der Waals surface area contributed by atoms with Gasteiger partial charge in [-0.3, -0.25) is 14.5 Å². The molecule has 0 spiro atoms. The lowest BCUT2D eigenvalue weighted by molar-refractivity contribution is -0.121. The predicted molar refractivity (Wildman–Crippen MR) is 112 cm³/mol. The quantitative estimate of drug-likeness (QED) is 0.665. The number of nitrogens with one attached hydrogen (secondary N) is 1. The lowest BCUT2D eigenvalue weighted by atomic mass is 10.0. The van der Waals surface area contributed by atoms with Crippen molar-refractivity contribution in [1.29, 1.82) is 0 Å². The molecule has 1 aliphatic rings. The fraction of sp³-hybridized carbons (Fsp3) is 0.455. The third kappa shape index (κ3) is 5.95. The predicted octanol–water partition coefficient (Wildman–Crippen LogP) is 3.66. The van der Waals surface area contributed by atoms with Crippen molar-refractivity contribution in [1.82, 2.24) is 10.2 Å². The van der Waals surface area contributed by atoms with Crippen LogP contribution in [0.15, 0.2) is 30.3 Å². The van der Waals surface area contributed by atoms with Crippen LogP contribution in [0.1, 0.15) is 44.6 Å². The van der Waals surface area contributed by atoms with Crippen molar-refractivity contribution in [2.24, 2.45) is 0 Å². The average molecular weight is 419 g/mol. The molecule has 5 nitrogen and oxygen atoms in total. The molecule has 1 aromatic heterocycles. The Morgan fingerprint density at radius 1 is 1.17 bits per heavy atom. The number of hydrogen-bond donors (Lipinski definition) is 1. The van der Waals surface area contributed by atoms with Crippen molar-refractivity contribution in [2.45, 2.75) is 32.7 Å². The van der Waals surface area contributed by atoms with Gasteiger partial charge in [-0.15, -0.1) is 11.3 Å². The molecule has 1 aliphatic heterocycles. The number of aryl methyl sites for hydroxylation is 2. The number of ether oxygens (including phenoxy) is 1. The molecule has 3 rings (SSSR count). The summed E-state index contributed by atoms with van der Waals surface area (Å²) in [7, 11) is 0. The summed E-state index contributed by atoms with van der Waals surface area (Å²) in [6.07, 6.45) is 0.355. The van der Waals surface area contributed by atoms with Gasteiger partial charge in [-0.25, -0.2) is 4.39 Å². The van der Waals surface area contributed by atoms with Crippen molar-refractivity contribution < 1.29 is 18.7 Å². The van der Waals surface area contributed by atoms with E-state index in [1.165, 1.54) is 12.1 Å². The first-order chi connectivity index (χ1) is 13.9. The molecule has 1 unspecified atom stereocenters. The zero-order valence-corrected chi connectivity index (χ0v) is 17.7. The largest absolute Gasteiger partial charge is 0.379 e. The van der Waals surface area contributed by atoms with Crippen LogP contribution in [0.3, 0.4) is 0 Å². The van der Waals surface area contributed by atoms with Gasteiger partial charge in [0.25, 0.3) is 0 Å². The zero-order valence-electron chi connectivity index (χ0n) is 16.9. The van der Waals surface area contributed by atoms with E-state index in [0.29, 0.717) is 19.8 Å². The molecule has 2 heterocycles. The Morgan fingerprint density at radius 3 is 2.48 bits per heavy atom. The van der Waals surface area contributed by atoms with Gasteiger partial charge >= 0.3 is 0 Å². The van der Waals surface area contributed by atoms with Crippen molar-refractivity contribution in [3.8, 4) is 0 Å². The van der Waals surface area contributed by atoms with Gasteiger partial charge < -0.3 is 10.1 Å².